The first-order valence-electron chi connectivity index (χ1n) is 6.32. The minimum absolute atomic E-state index is 0.0719. The Morgan fingerprint density at radius 2 is 2.00 bits per heavy atom. The molecule has 0 spiro atoms. The molecular weight excluding hydrogens is 310 g/mol. The van der Waals surface area contributed by atoms with Gasteiger partial charge in [-0.25, -0.2) is 0 Å². The van der Waals surface area contributed by atoms with Crippen LogP contribution in [-0.2, 0) is 0 Å². The average Bonchev–Trinajstić information content (AvgIpc) is 2.83. The summed E-state index contributed by atoms with van der Waals surface area (Å²) in [6, 6.07) is 5.40. The molecule has 0 aliphatic heterocycles. The number of benzene rings is 1. The highest BCUT2D eigenvalue weighted by atomic mass is 79.9. The SMILES string of the molecule is COc1ccc(C(=O)NC2CCCC2Br)cc1OC. The molecule has 1 N–H and O–H groups in total. The van der Waals surface area contributed by atoms with Crippen LogP contribution in [0.4, 0.5) is 0 Å². The van der Waals surface area contributed by atoms with Gasteiger partial charge < -0.3 is 14.8 Å². The summed E-state index contributed by atoms with van der Waals surface area (Å²) in [6.07, 6.45) is 3.28. The number of carbonyl (C=O) groups is 1. The predicted molar refractivity (Wildman–Crippen MR) is 77.4 cm³/mol. The standard InChI is InChI=1S/C14H18BrNO3/c1-18-12-7-6-9(8-13(12)19-2)14(17)16-11-5-3-4-10(11)15/h6-8,10-11H,3-5H2,1-2H3,(H,16,17). The summed E-state index contributed by atoms with van der Waals surface area (Å²) in [5.41, 5.74) is 0.587. The number of nitrogens with one attached hydrogen (secondary N) is 1. The second-order valence-electron chi connectivity index (χ2n) is 4.60. The van der Waals surface area contributed by atoms with Crippen LogP contribution < -0.4 is 14.8 Å². The van der Waals surface area contributed by atoms with Gasteiger partial charge >= 0.3 is 0 Å². The zero-order chi connectivity index (χ0) is 13.8. The highest BCUT2D eigenvalue weighted by molar-refractivity contribution is 9.09. The van der Waals surface area contributed by atoms with E-state index in [9.17, 15) is 4.79 Å². The van der Waals surface area contributed by atoms with Crippen LogP contribution in [-0.4, -0.2) is 31.0 Å². The van der Waals surface area contributed by atoms with Gasteiger partial charge in [0.15, 0.2) is 11.5 Å². The van der Waals surface area contributed by atoms with Crippen LogP contribution in [0.15, 0.2) is 18.2 Å². The van der Waals surface area contributed by atoms with Crippen molar-refractivity contribution >= 4 is 21.8 Å². The van der Waals surface area contributed by atoms with E-state index in [-0.39, 0.29) is 11.9 Å². The van der Waals surface area contributed by atoms with Crippen LogP contribution in [0.1, 0.15) is 29.6 Å². The Balaban J connectivity index is 2.10. The lowest BCUT2D eigenvalue weighted by atomic mass is 10.1. The van der Waals surface area contributed by atoms with Crippen molar-refractivity contribution in [2.45, 2.75) is 30.1 Å². The number of halogens is 1. The summed E-state index contributed by atoms with van der Waals surface area (Å²) in [6.45, 7) is 0. The molecule has 1 aliphatic rings. The van der Waals surface area contributed by atoms with Crippen molar-refractivity contribution in [3.63, 3.8) is 0 Å². The Morgan fingerprint density at radius 1 is 1.26 bits per heavy atom. The Labute approximate surface area is 121 Å². The van der Waals surface area contributed by atoms with Gasteiger partial charge in [0.2, 0.25) is 0 Å². The van der Waals surface area contributed by atoms with E-state index in [0.717, 1.165) is 19.3 Å². The van der Waals surface area contributed by atoms with Crippen LogP contribution in [0, 0.1) is 0 Å². The molecule has 2 rings (SSSR count). The molecule has 0 saturated heterocycles. The third-order valence-electron chi connectivity index (χ3n) is 3.39. The number of carbonyl (C=O) groups excluding carboxylic acids is 1. The third-order valence-corrected chi connectivity index (χ3v) is 4.49. The summed E-state index contributed by atoms with van der Waals surface area (Å²) in [4.78, 5) is 12.6. The van der Waals surface area contributed by atoms with Gasteiger partial charge in [-0.05, 0) is 31.0 Å². The number of hydrogen-bond acceptors (Lipinski definition) is 3. The molecule has 2 unspecified atom stereocenters. The Morgan fingerprint density at radius 3 is 2.58 bits per heavy atom. The van der Waals surface area contributed by atoms with Crippen molar-refractivity contribution in [1.82, 2.24) is 5.32 Å². The van der Waals surface area contributed by atoms with Crippen LogP contribution in [0.3, 0.4) is 0 Å². The highest BCUT2D eigenvalue weighted by Gasteiger charge is 2.26. The van der Waals surface area contributed by atoms with E-state index in [1.807, 2.05) is 0 Å². The normalized spacial score (nSPS) is 22.1. The smallest absolute Gasteiger partial charge is 0.251 e. The molecule has 1 saturated carbocycles. The molecule has 0 aromatic heterocycles. The number of amides is 1. The fourth-order valence-electron chi connectivity index (χ4n) is 2.31. The van der Waals surface area contributed by atoms with E-state index >= 15 is 0 Å². The number of ether oxygens (including phenoxy) is 2. The topological polar surface area (TPSA) is 47.6 Å². The van der Waals surface area contributed by atoms with Crippen LogP contribution >= 0.6 is 15.9 Å². The lowest BCUT2D eigenvalue weighted by molar-refractivity contribution is 0.0938. The first-order chi connectivity index (χ1) is 9.15. The molecule has 4 nitrogen and oxygen atoms in total. The summed E-state index contributed by atoms with van der Waals surface area (Å²) >= 11 is 3.60. The molecule has 1 aromatic rings. The van der Waals surface area contributed by atoms with Gasteiger partial charge in [-0.2, -0.15) is 0 Å². The number of alkyl halides is 1. The molecule has 2 atom stereocenters. The van der Waals surface area contributed by atoms with Gasteiger partial charge in [0.05, 0.1) is 14.2 Å². The molecule has 104 valence electrons. The van der Waals surface area contributed by atoms with E-state index < -0.39 is 0 Å². The third kappa shape index (κ3) is 3.21. The molecule has 1 aromatic carbocycles. The van der Waals surface area contributed by atoms with Crippen molar-refractivity contribution in [3.8, 4) is 11.5 Å². The van der Waals surface area contributed by atoms with E-state index in [1.54, 1.807) is 32.4 Å². The molecular formula is C14H18BrNO3. The molecule has 1 aliphatic carbocycles. The van der Waals surface area contributed by atoms with Crippen LogP contribution in [0.5, 0.6) is 11.5 Å². The van der Waals surface area contributed by atoms with Gasteiger partial charge in [0, 0.05) is 16.4 Å². The lowest BCUT2D eigenvalue weighted by Gasteiger charge is -2.16. The van der Waals surface area contributed by atoms with Crippen molar-refractivity contribution < 1.29 is 14.3 Å². The Hall–Kier alpha value is -1.23. The lowest BCUT2D eigenvalue weighted by Crippen LogP contribution is -2.37. The van der Waals surface area contributed by atoms with Gasteiger partial charge in [-0.3, -0.25) is 4.79 Å². The highest BCUT2D eigenvalue weighted by Crippen LogP contribution is 2.29. The maximum atomic E-state index is 12.2. The molecule has 0 radical (unpaired) electrons. The molecule has 5 heteroatoms. The summed E-state index contributed by atoms with van der Waals surface area (Å²) < 4.78 is 10.4. The maximum Gasteiger partial charge on any atom is 0.251 e. The summed E-state index contributed by atoms with van der Waals surface area (Å²) in [5, 5.41) is 3.05. The fourth-order valence-corrected chi connectivity index (χ4v) is 3.03. The van der Waals surface area contributed by atoms with E-state index in [1.165, 1.54) is 0 Å². The van der Waals surface area contributed by atoms with E-state index in [2.05, 4.69) is 21.2 Å². The van der Waals surface area contributed by atoms with Gasteiger partial charge in [0.25, 0.3) is 5.91 Å². The Bertz CT molecular complexity index is 464. The molecule has 1 amide bonds. The zero-order valence-electron chi connectivity index (χ0n) is 11.1. The van der Waals surface area contributed by atoms with E-state index in [0.29, 0.717) is 21.9 Å². The Kier molecular flexibility index (Phi) is 4.69. The summed E-state index contributed by atoms with van der Waals surface area (Å²) in [7, 11) is 3.14. The van der Waals surface area contributed by atoms with Crippen molar-refractivity contribution in [2.24, 2.45) is 0 Å². The van der Waals surface area contributed by atoms with Crippen LogP contribution in [0.2, 0.25) is 0 Å². The molecule has 1 fully saturated rings. The molecule has 19 heavy (non-hydrogen) atoms. The van der Waals surface area contributed by atoms with E-state index in [4.69, 9.17) is 9.47 Å². The van der Waals surface area contributed by atoms with Gasteiger partial charge in [-0.1, -0.05) is 22.4 Å². The number of hydrogen-bond donors (Lipinski definition) is 1. The number of rotatable bonds is 4. The monoisotopic (exact) mass is 327 g/mol. The van der Waals surface area contributed by atoms with Crippen molar-refractivity contribution in [2.75, 3.05) is 14.2 Å². The first-order valence-corrected chi connectivity index (χ1v) is 7.24. The molecule has 0 heterocycles. The second kappa shape index (κ2) is 6.28. The fraction of sp³-hybridized carbons (Fsp3) is 0.500. The van der Waals surface area contributed by atoms with Crippen molar-refractivity contribution in [1.29, 1.82) is 0 Å². The minimum Gasteiger partial charge on any atom is -0.493 e. The minimum atomic E-state index is -0.0719. The van der Waals surface area contributed by atoms with Crippen molar-refractivity contribution in [3.05, 3.63) is 23.8 Å². The first kappa shape index (κ1) is 14.2. The summed E-state index contributed by atoms with van der Waals surface area (Å²) in [5.74, 6) is 1.12. The maximum absolute atomic E-state index is 12.2. The molecule has 0 bridgehead atoms. The predicted octanol–water partition coefficient (Wildman–Crippen LogP) is 2.75. The van der Waals surface area contributed by atoms with Gasteiger partial charge in [-0.15, -0.1) is 0 Å². The largest absolute Gasteiger partial charge is 0.493 e. The van der Waals surface area contributed by atoms with Crippen LogP contribution in [0.25, 0.3) is 0 Å². The second-order valence-corrected chi connectivity index (χ2v) is 5.77. The number of methoxy groups -OCH3 is 2. The quantitative estimate of drug-likeness (QED) is 0.865. The van der Waals surface area contributed by atoms with Gasteiger partial charge in [0.1, 0.15) is 0 Å². The average molecular weight is 328 g/mol. The zero-order valence-corrected chi connectivity index (χ0v) is 12.7.